The van der Waals surface area contributed by atoms with E-state index in [2.05, 4.69) is 32.2 Å². The summed E-state index contributed by atoms with van der Waals surface area (Å²) in [5, 5.41) is 17.7. The first kappa shape index (κ1) is 20.4. The number of piperazine rings is 1. The first-order valence-corrected chi connectivity index (χ1v) is 8.98. The van der Waals surface area contributed by atoms with Crippen LogP contribution >= 0.6 is 24.0 Å². The standard InChI is InChI=1S/C17H29N5O2.HI/c1-3-18-16(19-13-17(23)5-4-6-17)22-9-7-21(8-10-22)12-15-11-14(2)24-20-15;/h11,23H,3-10,12-13H2,1-2H3,(H,18,19);1H. The van der Waals surface area contributed by atoms with Gasteiger partial charge in [-0.15, -0.1) is 24.0 Å². The normalized spacial score (nSPS) is 20.8. The molecule has 1 aliphatic heterocycles. The molecule has 0 aromatic carbocycles. The summed E-state index contributed by atoms with van der Waals surface area (Å²) >= 11 is 0. The summed E-state index contributed by atoms with van der Waals surface area (Å²) in [6.07, 6.45) is 2.87. The highest BCUT2D eigenvalue weighted by atomic mass is 127. The van der Waals surface area contributed by atoms with Crippen LogP contribution in [0.3, 0.4) is 0 Å². The van der Waals surface area contributed by atoms with E-state index in [-0.39, 0.29) is 24.0 Å². The predicted octanol–water partition coefficient (Wildman–Crippen LogP) is 1.60. The Morgan fingerprint density at radius 3 is 2.60 bits per heavy atom. The van der Waals surface area contributed by atoms with Crippen molar-refractivity contribution in [2.24, 2.45) is 4.99 Å². The highest BCUT2D eigenvalue weighted by Crippen LogP contribution is 2.31. The minimum Gasteiger partial charge on any atom is -0.388 e. The molecular weight excluding hydrogens is 433 g/mol. The summed E-state index contributed by atoms with van der Waals surface area (Å²) in [5.41, 5.74) is 0.432. The molecule has 0 radical (unpaired) electrons. The Morgan fingerprint density at radius 2 is 2.08 bits per heavy atom. The Morgan fingerprint density at radius 1 is 1.36 bits per heavy atom. The van der Waals surface area contributed by atoms with E-state index in [1.54, 1.807) is 0 Å². The van der Waals surface area contributed by atoms with E-state index >= 15 is 0 Å². The fourth-order valence-electron chi connectivity index (χ4n) is 3.23. The van der Waals surface area contributed by atoms with E-state index in [4.69, 9.17) is 4.52 Å². The molecule has 2 fully saturated rings. The van der Waals surface area contributed by atoms with E-state index in [0.29, 0.717) is 6.54 Å². The van der Waals surface area contributed by atoms with E-state index in [1.165, 1.54) is 0 Å². The Kier molecular flexibility index (Phi) is 7.51. The average Bonchev–Trinajstić information content (AvgIpc) is 2.95. The Labute approximate surface area is 166 Å². The molecule has 0 amide bonds. The number of hydrogen-bond donors (Lipinski definition) is 2. The molecule has 142 valence electrons. The highest BCUT2D eigenvalue weighted by Gasteiger charge is 2.34. The maximum Gasteiger partial charge on any atom is 0.194 e. The van der Waals surface area contributed by atoms with Crippen molar-refractivity contribution < 1.29 is 9.63 Å². The number of rotatable bonds is 5. The van der Waals surface area contributed by atoms with Crippen molar-refractivity contribution in [3.05, 3.63) is 17.5 Å². The second-order valence-electron chi connectivity index (χ2n) is 6.94. The molecule has 1 aromatic rings. The Bertz CT molecular complexity index is 565. The summed E-state index contributed by atoms with van der Waals surface area (Å²) < 4.78 is 5.14. The molecule has 2 aliphatic rings. The maximum atomic E-state index is 10.3. The van der Waals surface area contributed by atoms with Crippen LogP contribution in [0.25, 0.3) is 0 Å². The molecule has 3 rings (SSSR count). The number of aromatic nitrogens is 1. The summed E-state index contributed by atoms with van der Waals surface area (Å²) in [7, 11) is 0. The van der Waals surface area contributed by atoms with Gasteiger partial charge in [-0.3, -0.25) is 9.89 Å². The third-order valence-corrected chi connectivity index (χ3v) is 4.88. The van der Waals surface area contributed by atoms with Crippen LogP contribution < -0.4 is 5.32 Å². The molecule has 8 heteroatoms. The number of aryl methyl sites for hydroxylation is 1. The maximum absolute atomic E-state index is 10.3. The Hall–Kier alpha value is -0.870. The van der Waals surface area contributed by atoms with Crippen LogP contribution in [-0.2, 0) is 6.54 Å². The average molecular weight is 463 g/mol. The molecule has 1 saturated heterocycles. The lowest BCUT2D eigenvalue weighted by atomic mass is 9.80. The van der Waals surface area contributed by atoms with Crippen molar-refractivity contribution in [1.82, 2.24) is 20.3 Å². The minimum absolute atomic E-state index is 0. The molecule has 0 atom stereocenters. The van der Waals surface area contributed by atoms with Crippen LogP contribution in [0.4, 0.5) is 0 Å². The van der Waals surface area contributed by atoms with Crippen molar-refractivity contribution in [1.29, 1.82) is 0 Å². The van der Waals surface area contributed by atoms with Crippen molar-refractivity contribution in [2.75, 3.05) is 39.3 Å². The van der Waals surface area contributed by atoms with Gasteiger partial charge in [0.2, 0.25) is 0 Å². The number of guanidine groups is 1. The molecule has 7 nitrogen and oxygen atoms in total. The summed E-state index contributed by atoms with van der Waals surface area (Å²) in [4.78, 5) is 9.35. The smallest absolute Gasteiger partial charge is 0.194 e. The molecule has 0 spiro atoms. The number of nitrogens with one attached hydrogen (secondary N) is 1. The van der Waals surface area contributed by atoms with Gasteiger partial charge in [0, 0.05) is 45.3 Å². The minimum atomic E-state index is -0.562. The van der Waals surface area contributed by atoms with E-state index in [0.717, 1.165) is 75.9 Å². The number of aliphatic hydroxyl groups is 1. The first-order valence-electron chi connectivity index (χ1n) is 8.98. The second-order valence-corrected chi connectivity index (χ2v) is 6.94. The molecule has 0 bridgehead atoms. The van der Waals surface area contributed by atoms with Gasteiger partial charge < -0.3 is 19.8 Å². The summed E-state index contributed by atoms with van der Waals surface area (Å²) in [6, 6.07) is 2.00. The van der Waals surface area contributed by atoms with Crippen LogP contribution in [0.2, 0.25) is 0 Å². The van der Waals surface area contributed by atoms with Gasteiger partial charge in [0.05, 0.1) is 17.8 Å². The topological polar surface area (TPSA) is 77.1 Å². The number of hydrogen-bond acceptors (Lipinski definition) is 5. The van der Waals surface area contributed by atoms with Crippen molar-refractivity contribution >= 4 is 29.9 Å². The lowest BCUT2D eigenvalue weighted by Crippen LogP contribution is -2.52. The van der Waals surface area contributed by atoms with Crippen LogP contribution in [0, 0.1) is 6.92 Å². The molecule has 1 aliphatic carbocycles. The first-order chi connectivity index (χ1) is 11.6. The third-order valence-electron chi connectivity index (χ3n) is 4.88. The third kappa shape index (κ3) is 5.55. The fraction of sp³-hybridized carbons (Fsp3) is 0.765. The van der Waals surface area contributed by atoms with Gasteiger partial charge in [-0.2, -0.15) is 0 Å². The summed E-state index contributed by atoms with van der Waals surface area (Å²) in [5.74, 6) is 1.79. The van der Waals surface area contributed by atoms with Crippen LogP contribution in [0.1, 0.15) is 37.6 Å². The van der Waals surface area contributed by atoms with Gasteiger partial charge in [0.25, 0.3) is 0 Å². The van der Waals surface area contributed by atoms with Crippen LogP contribution in [0.5, 0.6) is 0 Å². The van der Waals surface area contributed by atoms with E-state index in [9.17, 15) is 5.11 Å². The Balaban J connectivity index is 0.00000225. The van der Waals surface area contributed by atoms with Gasteiger partial charge in [0.15, 0.2) is 5.96 Å². The molecule has 2 N–H and O–H groups in total. The van der Waals surface area contributed by atoms with Gasteiger partial charge in [-0.25, -0.2) is 0 Å². The zero-order valence-electron chi connectivity index (χ0n) is 15.2. The lowest BCUT2D eigenvalue weighted by molar-refractivity contribution is -0.0238. The zero-order chi connectivity index (χ0) is 17.0. The molecule has 1 aromatic heterocycles. The highest BCUT2D eigenvalue weighted by molar-refractivity contribution is 14.0. The molecule has 0 unspecified atom stereocenters. The summed E-state index contributed by atoms with van der Waals surface area (Å²) in [6.45, 7) is 9.99. The second kappa shape index (κ2) is 9.18. The van der Waals surface area contributed by atoms with E-state index < -0.39 is 5.60 Å². The van der Waals surface area contributed by atoms with Crippen LogP contribution in [-0.4, -0.2) is 70.9 Å². The molecule has 2 heterocycles. The predicted molar refractivity (Wildman–Crippen MR) is 108 cm³/mol. The molecular formula is C17H30IN5O2. The molecule has 25 heavy (non-hydrogen) atoms. The van der Waals surface area contributed by atoms with Crippen molar-refractivity contribution in [3.63, 3.8) is 0 Å². The fourth-order valence-corrected chi connectivity index (χ4v) is 3.23. The number of aliphatic imine (C=N–C) groups is 1. The number of halogens is 1. The van der Waals surface area contributed by atoms with Gasteiger partial charge in [-0.1, -0.05) is 5.16 Å². The van der Waals surface area contributed by atoms with E-state index in [1.807, 2.05) is 13.0 Å². The van der Waals surface area contributed by atoms with Gasteiger partial charge in [-0.05, 0) is 33.1 Å². The van der Waals surface area contributed by atoms with Crippen LogP contribution in [0.15, 0.2) is 15.6 Å². The van der Waals surface area contributed by atoms with Gasteiger partial charge >= 0.3 is 0 Å². The monoisotopic (exact) mass is 463 g/mol. The quantitative estimate of drug-likeness (QED) is 0.393. The zero-order valence-corrected chi connectivity index (χ0v) is 17.5. The SMILES string of the molecule is CCNC(=NCC1(O)CCC1)N1CCN(Cc2cc(C)on2)CC1.I. The largest absolute Gasteiger partial charge is 0.388 e. The molecule has 1 saturated carbocycles. The van der Waals surface area contributed by atoms with Crippen molar-refractivity contribution in [3.8, 4) is 0 Å². The number of nitrogens with zero attached hydrogens (tertiary/aromatic N) is 4. The van der Waals surface area contributed by atoms with Crippen molar-refractivity contribution in [2.45, 2.75) is 45.3 Å². The lowest BCUT2D eigenvalue weighted by Gasteiger charge is -2.38. The van der Waals surface area contributed by atoms with Gasteiger partial charge in [0.1, 0.15) is 5.76 Å².